The molecule has 4 aromatic rings. The molecule has 2 aromatic heterocycles. The van der Waals surface area contributed by atoms with Crippen molar-refractivity contribution in [2.24, 2.45) is 0 Å². The fraction of sp³-hybridized carbons (Fsp3) is 0.0625. The second kappa shape index (κ2) is 5.87. The van der Waals surface area contributed by atoms with Crippen LogP contribution in [0.15, 0.2) is 36.4 Å². The van der Waals surface area contributed by atoms with Crippen LogP contribution in [0.3, 0.4) is 0 Å². The monoisotopic (exact) mass is 370 g/mol. The van der Waals surface area contributed by atoms with Gasteiger partial charge in [-0.05, 0) is 25.1 Å². The Hall–Kier alpha value is -2.91. The Balaban J connectivity index is 1.72. The minimum absolute atomic E-state index is 0.00130. The number of hydrogen-bond acceptors (Lipinski definition) is 7. The lowest BCUT2D eigenvalue weighted by molar-refractivity contribution is -0.385. The van der Waals surface area contributed by atoms with E-state index in [1.807, 2.05) is 19.1 Å². The van der Waals surface area contributed by atoms with E-state index >= 15 is 0 Å². The normalized spacial score (nSPS) is 11.1. The molecule has 0 saturated heterocycles. The Labute approximate surface area is 149 Å². The number of nitrogens with zero attached hydrogens (tertiary/aromatic N) is 3. The lowest BCUT2D eigenvalue weighted by atomic mass is 10.1. The summed E-state index contributed by atoms with van der Waals surface area (Å²) < 4.78 is 1.95. The molecule has 25 heavy (non-hydrogen) atoms. The van der Waals surface area contributed by atoms with Crippen molar-refractivity contribution in [1.82, 2.24) is 9.97 Å². The molecule has 124 valence electrons. The quantitative estimate of drug-likeness (QED) is 0.426. The standard InChI is InChI=1S/C16H10N4O3S2/c1-8-17-13-12(24-8)7-6-10-14(13)25-16(18-10)19-15(21)9-4-2-3-5-11(9)20(22)23/h2-7H,1H3,(H,18,19,21). The summed E-state index contributed by atoms with van der Waals surface area (Å²) in [6.07, 6.45) is 0. The predicted octanol–water partition coefficient (Wildman–Crippen LogP) is 4.37. The first kappa shape index (κ1) is 15.6. The van der Waals surface area contributed by atoms with Crippen molar-refractivity contribution < 1.29 is 9.72 Å². The fourth-order valence-corrected chi connectivity index (χ4v) is 4.38. The van der Waals surface area contributed by atoms with Crippen molar-refractivity contribution in [3.05, 3.63) is 57.1 Å². The predicted molar refractivity (Wildman–Crippen MR) is 98.6 cm³/mol. The van der Waals surface area contributed by atoms with Crippen LogP contribution in [0.2, 0.25) is 0 Å². The van der Waals surface area contributed by atoms with Crippen LogP contribution < -0.4 is 5.32 Å². The van der Waals surface area contributed by atoms with Gasteiger partial charge < -0.3 is 0 Å². The summed E-state index contributed by atoms with van der Waals surface area (Å²) in [6.45, 7) is 1.94. The van der Waals surface area contributed by atoms with Crippen LogP contribution >= 0.6 is 22.7 Å². The van der Waals surface area contributed by atoms with E-state index in [1.165, 1.54) is 29.5 Å². The smallest absolute Gasteiger partial charge is 0.282 e. The topological polar surface area (TPSA) is 98.0 Å². The maximum Gasteiger partial charge on any atom is 0.282 e. The van der Waals surface area contributed by atoms with Crippen LogP contribution in [-0.4, -0.2) is 20.8 Å². The molecule has 0 aliphatic carbocycles. The lowest BCUT2D eigenvalue weighted by Gasteiger charge is -2.02. The largest absolute Gasteiger partial charge is 0.298 e. The van der Waals surface area contributed by atoms with Crippen molar-refractivity contribution in [2.45, 2.75) is 6.92 Å². The molecular weight excluding hydrogens is 360 g/mol. The molecule has 1 N–H and O–H groups in total. The highest BCUT2D eigenvalue weighted by Crippen LogP contribution is 2.35. The number of hydrogen-bond donors (Lipinski definition) is 1. The van der Waals surface area contributed by atoms with Gasteiger partial charge in [-0.3, -0.25) is 20.2 Å². The first-order valence-electron chi connectivity index (χ1n) is 7.24. The molecule has 0 spiro atoms. The number of para-hydroxylation sites is 1. The van der Waals surface area contributed by atoms with Crippen LogP contribution in [0.5, 0.6) is 0 Å². The highest BCUT2D eigenvalue weighted by molar-refractivity contribution is 7.24. The maximum atomic E-state index is 12.4. The number of fused-ring (bicyclic) bond motifs is 3. The maximum absolute atomic E-state index is 12.4. The Morgan fingerprint density at radius 2 is 1.96 bits per heavy atom. The Bertz CT molecular complexity index is 1150. The molecule has 0 saturated carbocycles. The van der Waals surface area contributed by atoms with Gasteiger partial charge in [-0.25, -0.2) is 9.97 Å². The lowest BCUT2D eigenvalue weighted by Crippen LogP contribution is -2.13. The Kier molecular flexibility index (Phi) is 3.66. The number of benzene rings is 2. The van der Waals surface area contributed by atoms with E-state index in [0.717, 1.165) is 25.4 Å². The number of amides is 1. The highest BCUT2D eigenvalue weighted by Gasteiger charge is 2.20. The highest BCUT2D eigenvalue weighted by atomic mass is 32.1. The molecule has 0 radical (unpaired) electrons. The van der Waals surface area contributed by atoms with E-state index in [4.69, 9.17) is 0 Å². The van der Waals surface area contributed by atoms with Gasteiger partial charge >= 0.3 is 0 Å². The van der Waals surface area contributed by atoms with Gasteiger partial charge in [-0.2, -0.15) is 0 Å². The summed E-state index contributed by atoms with van der Waals surface area (Å²) in [5.41, 5.74) is 1.37. The van der Waals surface area contributed by atoms with Crippen LogP contribution in [0, 0.1) is 17.0 Å². The van der Waals surface area contributed by atoms with E-state index in [9.17, 15) is 14.9 Å². The van der Waals surface area contributed by atoms with E-state index < -0.39 is 10.8 Å². The Morgan fingerprint density at radius 3 is 2.76 bits per heavy atom. The van der Waals surface area contributed by atoms with Crippen LogP contribution in [0.4, 0.5) is 10.8 Å². The number of nitro benzene ring substituents is 1. The van der Waals surface area contributed by atoms with Gasteiger partial charge in [-0.1, -0.05) is 23.5 Å². The molecule has 0 unspecified atom stereocenters. The molecule has 0 bridgehead atoms. The van der Waals surface area contributed by atoms with Gasteiger partial charge in [0.05, 0.1) is 24.8 Å². The number of nitro groups is 1. The minimum Gasteiger partial charge on any atom is -0.298 e. The fourth-order valence-electron chi connectivity index (χ4n) is 2.53. The van der Waals surface area contributed by atoms with Crippen LogP contribution in [-0.2, 0) is 0 Å². The van der Waals surface area contributed by atoms with Crippen molar-refractivity contribution in [3.63, 3.8) is 0 Å². The summed E-state index contributed by atoms with van der Waals surface area (Å²) in [5, 5.41) is 15.1. The van der Waals surface area contributed by atoms with E-state index in [-0.39, 0.29) is 11.3 Å². The summed E-state index contributed by atoms with van der Waals surface area (Å²) in [7, 11) is 0. The van der Waals surface area contributed by atoms with Gasteiger partial charge in [-0.15, -0.1) is 11.3 Å². The van der Waals surface area contributed by atoms with Crippen LogP contribution in [0.1, 0.15) is 15.4 Å². The molecule has 0 aliphatic heterocycles. The molecule has 7 nitrogen and oxygen atoms in total. The van der Waals surface area contributed by atoms with E-state index in [2.05, 4.69) is 15.3 Å². The summed E-state index contributed by atoms with van der Waals surface area (Å²) in [6, 6.07) is 9.66. The molecule has 0 aliphatic rings. The first-order chi connectivity index (χ1) is 12.0. The van der Waals surface area contributed by atoms with Gasteiger partial charge in [0.2, 0.25) is 0 Å². The number of aromatic nitrogens is 2. The van der Waals surface area contributed by atoms with Crippen molar-refractivity contribution >= 4 is 59.8 Å². The second-order valence-corrected chi connectivity index (χ2v) is 7.47. The van der Waals surface area contributed by atoms with Gasteiger partial charge in [0, 0.05) is 6.07 Å². The van der Waals surface area contributed by atoms with Crippen molar-refractivity contribution in [2.75, 3.05) is 5.32 Å². The van der Waals surface area contributed by atoms with Crippen LogP contribution in [0.25, 0.3) is 20.4 Å². The summed E-state index contributed by atoms with van der Waals surface area (Å²) in [5.74, 6) is -0.558. The number of nitrogens with one attached hydrogen (secondary N) is 1. The van der Waals surface area contributed by atoms with Gasteiger partial charge in [0.25, 0.3) is 11.6 Å². The summed E-state index contributed by atoms with van der Waals surface area (Å²) in [4.78, 5) is 31.8. The third-order valence-electron chi connectivity index (χ3n) is 3.59. The van der Waals surface area contributed by atoms with Gasteiger partial charge in [0.1, 0.15) is 11.1 Å². The zero-order valence-corrected chi connectivity index (χ0v) is 14.5. The average molecular weight is 370 g/mol. The number of anilines is 1. The molecule has 2 heterocycles. The molecular formula is C16H10N4O3S2. The van der Waals surface area contributed by atoms with Crippen molar-refractivity contribution in [1.29, 1.82) is 0 Å². The molecule has 0 fully saturated rings. The third-order valence-corrected chi connectivity index (χ3v) is 5.52. The number of thiazole rings is 2. The molecule has 9 heteroatoms. The third kappa shape index (κ3) is 2.73. The first-order valence-corrected chi connectivity index (χ1v) is 8.87. The average Bonchev–Trinajstić information content (AvgIpc) is 3.16. The SMILES string of the molecule is Cc1nc2c(ccc3nc(NC(=O)c4ccccc4[N+](=O)[O-])sc32)s1. The Morgan fingerprint density at radius 1 is 1.16 bits per heavy atom. The zero-order chi connectivity index (χ0) is 17.6. The minimum atomic E-state index is -0.575. The molecule has 1 amide bonds. The molecule has 0 atom stereocenters. The van der Waals surface area contributed by atoms with Gasteiger partial charge in [0.15, 0.2) is 5.13 Å². The molecule has 2 aromatic carbocycles. The number of carbonyl (C=O) groups excluding carboxylic acids is 1. The number of rotatable bonds is 3. The van der Waals surface area contributed by atoms with E-state index in [0.29, 0.717) is 5.13 Å². The second-order valence-electron chi connectivity index (χ2n) is 5.24. The number of aryl methyl sites for hydroxylation is 1. The zero-order valence-electron chi connectivity index (χ0n) is 12.8. The van der Waals surface area contributed by atoms with E-state index in [1.54, 1.807) is 17.4 Å². The molecule has 4 rings (SSSR count). The number of carbonyl (C=O) groups is 1. The summed E-state index contributed by atoms with van der Waals surface area (Å²) >= 11 is 2.91. The van der Waals surface area contributed by atoms with Crippen molar-refractivity contribution in [3.8, 4) is 0 Å².